The Hall–Kier alpha value is -3.38. The molecule has 0 atom stereocenters. The largest absolute Gasteiger partial charge is 0.494 e. The molecule has 3 aliphatic heterocycles. The van der Waals surface area contributed by atoms with E-state index in [0.717, 1.165) is 52.9 Å². The minimum atomic E-state index is 0.401. The van der Waals surface area contributed by atoms with Crippen LogP contribution in [-0.4, -0.2) is 28.2 Å². The van der Waals surface area contributed by atoms with Crippen LogP contribution in [-0.2, 0) is 6.54 Å². The molecule has 3 heterocycles. The van der Waals surface area contributed by atoms with Gasteiger partial charge in [0.25, 0.3) is 5.62 Å². The van der Waals surface area contributed by atoms with E-state index in [2.05, 4.69) is 25.9 Å². The lowest BCUT2D eigenvalue weighted by molar-refractivity contribution is 0.416. The van der Waals surface area contributed by atoms with E-state index in [1.54, 1.807) is 7.11 Å². The Kier molecular flexibility index (Phi) is 4.85. The fourth-order valence-electron chi connectivity index (χ4n) is 3.79. The fourth-order valence-corrected chi connectivity index (χ4v) is 4.02. The first kappa shape index (κ1) is 18.6. The van der Waals surface area contributed by atoms with Crippen molar-refractivity contribution in [1.29, 1.82) is 0 Å². The second-order valence-electron chi connectivity index (χ2n) is 7.05. The van der Waals surface area contributed by atoms with Gasteiger partial charge >= 0.3 is 0 Å². The third-order valence-corrected chi connectivity index (χ3v) is 5.51. The van der Waals surface area contributed by atoms with Crippen molar-refractivity contribution in [2.45, 2.75) is 13.0 Å². The summed E-state index contributed by atoms with van der Waals surface area (Å²) >= 11 is 6.50. The SMILES string of the molecule is COc1ccccc1N=c1ncc2cc(-c3ccccc3Cl)c3n(c-2n1)CCCN3. The highest BCUT2D eigenvalue weighted by Gasteiger charge is 2.21. The molecule has 3 aliphatic rings. The van der Waals surface area contributed by atoms with E-state index in [0.29, 0.717) is 17.1 Å². The Morgan fingerprint density at radius 3 is 2.80 bits per heavy atom. The quantitative estimate of drug-likeness (QED) is 0.522. The number of fused-ring (bicyclic) bond motifs is 3. The Morgan fingerprint density at radius 1 is 1.10 bits per heavy atom. The first-order valence-electron chi connectivity index (χ1n) is 9.82. The number of methoxy groups -OCH3 is 1. The van der Waals surface area contributed by atoms with Gasteiger partial charge in [0.05, 0.1) is 7.11 Å². The summed E-state index contributed by atoms with van der Waals surface area (Å²) in [7, 11) is 1.63. The summed E-state index contributed by atoms with van der Waals surface area (Å²) in [5.41, 5.74) is 4.07. The predicted octanol–water partition coefficient (Wildman–Crippen LogP) is 4.76. The third kappa shape index (κ3) is 3.29. The maximum Gasteiger partial charge on any atom is 0.252 e. The summed E-state index contributed by atoms with van der Waals surface area (Å²) in [6.07, 6.45) is 2.83. The number of nitrogens with zero attached hydrogens (tertiary/aromatic N) is 4. The van der Waals surface area contributed by atoms with E-state index in [1.807, 2.05) is 54.7 Å². The van der Waals surface area contributed by atoms with Crippen molar-refractivity contribution in [1.82, 2.24) is 14.5 Å². The van der Waals surface area contributed by atoms with Crippen LogP contribution in [0.3, 0.4) is 0 Å². The molecule has 7 heteroatoms. The number of hydrogen-bond acceptors (Lipinski definition) is 5. The van der Waals surface area contributed by atoms with Crippen molar-refractivity contribution in [3.63, 3.8) is 0 Å². The minimum absolute atomic E-state index is 0.401. The second kappa shape index (κ2) is 7.80. The van der Waals surface area contributed by atoms with Gasteiger partial charge < -0.3 is 14.6 Å². The summed E-state index contributed by atoms with van der Waals surface area (Å²) in [5.74, 6) is 2.55. The van der Waals surface area contributed by atoms with Crippen molar-refractivity contribution in [3.8, 4) is 28.3 Å². The van der Waals surface area contributed by atoms with E-state index in [9.17, 15) is 0 Å². The Morgan fingerprint density at radius 2 is 1.93 bits per heavy atom. The molecule has 1 N–H and O–H groups in total. The lowest BCUT2D eigenvalue weighted by Gasteiger charge is -2.27. The van der Waals surface area contributed by atoms with Crippen LogP contribution in [0.1, 0.15) is 6.42 Å². The lowest BCUT2D eigenvalue weighted by atomic mass is 10.0. The van der Waals surface area contributed by atoms with Gasteiger partial charge in [-0.15, -0.1) is 0 Å². The molecule has 0 unspecified atom stereocenters. The maximum atomic E-state index is 6.50. The van der Waals surface area contributed by atoms with E-state index in [1.165, 1.54) is 0 Å². The summed E-state index contributed by atoms with van der Waals surface area (Å²) in [4.78, 5) is 13.9. The number of rotatable bonds is 3. The molecule has 0 amide bonds. The van der Waals surface area contributed by atoms with Crippen LogP contribution in [0.4, 0.5) is 11.5 Å². The summed E-state index contributed by atoms with van der Waals surface area (Å²) in [6, 6.07) is 17.6. The van der Waals surface area contributed by atoms with Gasteiger partial charge in [-0.05, 0) is 30.7 Å². The van der Waals surface area contributed by atoms with Crippen LogP contribution in [0.2, 0.25) is 5.02 Å². The smallest absolute Gasteiger partial charge is 0.252 e. The van der Waals surface area contributed by atoms with Crippen LogP contribution >= 0.6 is 11.6 Å². The third-order valence-electron chi connectivity index (χ3n) is 5.18. The summed E-state index contributed by atoms with van der Waals surface area (Å²) in [6.45, 7) is 1.77. The normalized spacial score (nSPS) is 13.7. The zero-order valence-corrected chi connectivity index (χ0v) is 17.2. The average Bonchev–Trinajstić information content (AvgIpc) is 2.79. The van der Waals surface area contributed by atoms with E-state index >= 15 is 0 Å². The molecule has 2 aromatic carbocycles. The first-order chi connectivity index (χ1) is 14.7. The molecular weight excluding hydrogens is 398 g/mol. The van der Waals surface area contributed by atoms with Crippen LogP contribution in [0.15, 0.2) is 65.8 Å². The number of hydrogen-bond donors (Lipinski definition) is 1. The molecular formula is C23H20ClN5O. The van der Waals surface area contributed by atoms with Gasteiger partial charge in [-0.1, -0.05) is 41.9 Å². The number of ether oxygens (including phenoxy) is 1. The van der Waals surface area contributed by atoms with E-state index in [4.69, 9.17) is 21.3 Å². The number of nitrogens with one attached hydrogen (secondary N) is 1. The zero-order chi connectivity index (χ0) is 20.5. The number of anilines is 1. The molecule has 30 heavy (non-hydrogen) atoms. The lowest BCUT2D eigenvalue weighted by Crippen LogP contribution is -2.25. The molecule has 0 radical (unpaired) electrons. The monoisotopic (exact) mass is 417 g/mol. The second-order valence-corrected chi connectivity index (χ2v) is 7.46. The van der Waals surface area contributed by atoms with Crippen molar-refractivity contribution < 1.29 is 4.74 Å². The number of para-hydroxylation sites is 2. The van der Waals surface area contributed by atoms with Gasteiger partial charge in [-0.25, -0.2) is 9.98 Å². The molecule has 0 saturated carbocycles. The topological polar surface area (TPSA) is 64.3 Å². The van der Waals surface area contributed by atoms with Gasteiger partial charge in [-0.2, -0.15) is 4.98 Å². The molecule has 0 aromatic heterocycles. The minimum Gasteiger partial charge on any atom is -0.494 e. The number of aromatic nitrogens is 3. The molecule has 0 fully saturated rings. The zero-order valence-electron chi connectivity index (χ0n) is 16.5. The van der Waals surface area contributed by atoms with Gasteiger partial charge in [0.2, 0.25) is 0 Å². The van der Waals surface area contributed by atoms with E-state index in [-0.39, 0.29) is 0 Å². The first-order valence-corrected chi connectivity index (χ1v) is 10.2. The van der Waals surface area contributed by atoms with Gasteiger partial charge in [0, 0.05) is 41.0 Å². The van der Waals surface area contributed by atoms with Crippen LogP contribution in [0, 0.1) is 0 Å². The van der Waals surface area contributed by atoms with Gasteiger partial charge in [0.1, 0.15) is 23.1 Å². The molecule has 0 saturated heterocycles. The van der Waals surface area contributed by atoms with Crippen LogP contribution < -0.4 is 15.7 Å². The summed E-state index contributed by atoms with van der Waals surface area (Å²) < 4.78 is 7.59. The number of benzene rings is 2. The molecule has 0 bridgehead atoms. The predicted molar refractivity (Wildman–Crippen MR) is 118 cm³/mol. The highest BCUT2D eigenvalue weighted by molar-refractivity contribution is 6.33. The van der Waals surface area contributed by atoms with Crippen molar-refractivity contribution >= 4 is 23.1 Å². The molecule has 0 spiro atoms. The van der Waals surface area contributed by atoms with Crippen LogP contribution in [0.5, 0.6) is 5.75 Å². The summed E-state index contributed by atoms with van der Waals surface area (Å²) in [5, 5.41) is 4.25. The molecule has 6 nitrogen and oxygen atoms in total. The van der Waals surface area contributed by atoms with Crippen molar-refractivity contribution in [3.05, 3.63) is 71.4 Å². The highest BCUT2D eigenvalue weighted by atomic mass is 35.5. The van der Waals surface area contributed by atoms with Gasteiger partial charge in [0.15, 0.2) is 0 Å². The molecule has 5 rings (SSSR count). The number of pyridine rings is 1. The van der Waals surface area contributed by atoms with Crippen molar-refractivity contribution in [2.75, 3.05) is 19.0 Å². The average molecular weight is 418 g/mol. The van der Waals surface area contributed by atoms with Crippen molar-refractivity contribution in [2.24, 2.45) is 4.99 Å². The Bertz CT molecular complexity index is 1270. The van der Waals surface area contributed by atoms with Crippen LogP contribution in [0.25, 0.3) is 22.5 Å². The fraction of sp³-hybridized carbons (Fsp3) is 0.174. The Balaban J connectivity index is 1.73. The maximum absolute atomic E-state index is 6.50. The van der Waals surface area contributed by atoms with E-state index < -0.39 is 0 Å². The molecule has 2 aromatic rings. The highest BCUT2D eigenvalue weighted by Crippen LogP contribution is 2.39. The number of halogens is 1. The standard InChI is InChI=1S/C23H20ClN5O/c1-30-20-10-5-4-9-19(20)27-23-26-14-15-13-17(16-7-2-3-8-18(16)24)22-25-11-6-12-29(22)21(15)28-23/h2-5,7-10,13-14,25H,6,11-12H2,1H3. The molecule has 150 valence electrons. The van der Waals surface area contributed by atoms with Gasteiger partial charge in [-0.3, -0.25) is 0 Å². The Labute approximate surface area is 179 Å². The molecule has 0 aliphatic carbocycles.